The SMILES string of the molecule is Cc1nnn(C)c1-c1cnc2c3ccnc(Cl)c3n([C@H](c3ccccc3)C3CCOCC3)c2c1. The second kappa shape index (κ2) is 8.49. The van der Waals surface area contributed by atoms with Crippen molar-refractivity contribution in [3.05, 3.63) is 71.3 Å². The predicted octanol–water partition coefficient (Wildman–Crippen LogP) is 5.36. The highest BCUT2D eigenvalue weighted by molar-refractivity contribution is 6.35. The third-order valence-electron chi connectivity index (χ3n) is 6.90. The molecule has 1 saturated heterocycles. The first-order valence-electron chi connectivity index (χ1n) is 11.6. The summed E-state index contributed by atoms with van der Waals surface area (Å²) in [7, 11) is 1.91. The summed E-state index contributed by atoms with van der Waals surface area (Å²) >= 11 is 6.79. The van der Waals surface area contributed by atoms with Crippen molar-refractivity contribution in [1.82, 2.24) is 29.5 Å². The Morgan fingerprint density at radius 3 is 2.62 bits per heavy atom. The van der Waals surface area contributed by atoms with Crippen LogP contribution in [-0.2, 0) is 11.8 Å². The summed E-state index contributed by atoms with van der Waals surface area (Å²) in [5, 5.41) is 9.93. The number of pyridine rings is 2. The quantitative estimate of drug-likeness (QED) is 0.329. The zero-order valence-corrected chi connectivity index (χ0v) is 19.9. The number of fused-ring (bicyclic) bond motifs is 3. The number of rotatable bonds is 4. The lowest BCUT2D eigenvalue weighted by Crippen LogP contribution is -2.27. The van der Waals surface area contributed by atoms with Crippen molar-refractivity contribution in [2.45, 2.75) is 25.8 Å². The zero-order chi connectivity index (χ0) is 23.2. The molecule has 0 bridgehead atoms. The number of benzene rings is 1. The molecule has 1 aliphatic rings. The van der Waals surface area contributed by atoms with Crippen LogP contribution >= 0.6 is 11.6 Å². The van der Waals surface area contributed by atoms with Crippen molar-refractivity contribution in [1.29, 1.82) is 0 Å². The smallest absolute Gasteiger partial charge is 0.153 e. The average molecular weight is 473 g/mol. The molecule has 1 aliphatic heterocycles. The summed E-state index contributed by atoms with van der Waals surface area (Å²) in [5.41, 5.74) is 6.92. The van der Waals surface area contributed by atoms with Gasteiger partial charge in [-0.25, -0.2) is 9.67 Å². The lowest BCUT2D eigenvalue weighted by molar-refractivity contribution is 0.0553. The summed E-state index contributed by atoms with van der Waals surface area (Å²) in [5.74, 6) is 0.398. The van der Waals surface area contributed by atoms with E-state index in [-0.39, 0.29) is 6.04 Å². The maximum Gasteiger partial charge on any atom is 0.153 e. The number of aryl methyl sites for hydroxylation is 2. The van der Waals surface area contributed by atoms with E-state index in [2.05, 4.69) is 56.3 Å². The highest BCUT2D eigenvalue weighted by atomic mass is 35.5. The number of halogens is 1. The molecular formula is C26H25ClN6O. The third-order valence-corrected chi connectivity index (χ3v) is 7.18. The number of nitrogens with zero attached hydrogens (tertiary/aromatic N) is 6. The molecule has 1 fully saturated rings. The number of aromatic nitrogens is 6. The lowest BCUT2D eigenvalue weighted by Gasteiger charge is -2.33. The van der Waals surface area contributed by atoms with E-state index in [0.29, 0.717) is 11.1 Å². The predicted molar refractivity (Wildman–Crippen MR) is 133 cm³/mol. The molecule has 0 amide bonds. The van der Waals surface area contributed by atoms with Gasteiger partial charge in [0.15, 0.2) is 5.15 Å². The first-order chi connectivity index (χ1) is 16.6. The Morgan fingerprint density at radius 2 is 1.88 bits per heavy atom. The van der Waals surface area contributed by atoms with Gasteiger partial charge in [-0.05, 0) is 43.4 Å². The Morgan fingerprint density at radius 1 is 1.09 bits per heavy atom. The van der Waals surface area contributed by atoms with E-state index in [1.807, 2.05) is 26.2 Å². The summed E-state index contributed by atoms with van der Waals surface area (Å²) in [4.78, 5) is 9.38. The standard InChI is InChI=1S/C26H25ClN6O/c1-16-23(32(2)31-30-16)19-14-21-22(29-15-19)20-8-11-28-26(27)25(20)33(21)24(17-6-4-3-5-7-17)18-9-12-34-13-10-18/h3-8,11,14-15,18,24H,9-10,12-13H2,1-2H3/t24-/m1/s1. The van der Waals surface area contributed by atoms with Crippen LogP contribution in [-0.4, -0.2) is 42.7 Å². The van der Waals surface area contributed by atoms with E-state index >= 15 is 0 Å². The number of ether oxygens (including phenoxy) is 1. The fraction of sp³-hybridized carbons (Fsp3) is 0.308. The summed E-state index contributed by atoms with van der Waals surface area (Å²) in [6.45, 7) is 3.50. The maximum absolute atomic E-state index is 6.79. The Hall–Kier alpha value is -3.29. The molecule has 0 N–H and O–H groups in total. The van der Waals surface area contributed by atoms with Gasteiger partial charge < -0.3 is 9.30 Å². The van der Waals surface area contributed by atoms with E-state index in [4.69, 9.17) is 21.3 Å². The third kappa shape index (κ3) is 3.38. The van der Waals surface area contributed by atoms with Gasteiger partial charge in [-0.2, -0.15) is 0 Å². The van der Waals surface area contributed by atoms with Crippen molar-refractivity contribution in [3.8, 4) is 11.3 Å². The van der Waals surface area contributed by atoms with E-state index in [1.54, 1.807) is 10.9 Å². The monoisotopic (exact) mass is 472 g/mol. The number of hydrogen-bond acceptors (Lipinski definition) is 5. The summed E-state index contributed by atoms with van der Waals surface area (Å²) < 4.78 is 9.88. The minimum Gasteiger partial charge on any atom is -0.381 e. The molecule has 0 unspecified atom stereocenters. The van der Waals surface area contributed by atoms with Gasteiger partial charge in [0.1, 0.15) is 0 Å². The van der Waals surface area contributed by atoms with Crippen LogP contribution in [0.25, 0.3) is 33.2 Å². The minimum absolute atomic E-state index is 0.0783. The van der Waals surface area contributed by atoms with Crippen molar-refractivity contribution < 1.29 is 4.74 Å². The van der Waals surface area contributed by atoms with Crippen LogP contribution in [0.3, 0.4) is 0 Å². The molecule has 1 atom stereocenters. The molecule has 8 heteroatoms. The second-order valence-electron chi connectivity index (χ2n) is 8.91. The molecule has 1 aromatic carbocycles. The minimum atomic E-state index is 0.0783. The molecule has 0 radical (unpaired) electrons. The summed E-state index contributed by atoms with van der Waals surface area (Å²) in [6, 6.07) is 14.9. The Balaban J connectivity index is 1.69. The van der Waals surface area contributed by atoms with Crippen LogP contribution in [0.4, 0.5) is 0 Å². The zero-order valence-electron chi connectivity index (χ0n) is 19.1. The van der Waals surface area contributed by atoms with Gasteiger partial charge in [0.2, 0.25) is 0 Å². The van der Waals surface area contributed by atoms with Gasteiger partial charge in [0.25, 0.3) is 0 Å². The maximum atomic E-state index is 6.79. The summed E-state index contributed by atoms with van der Waals surface area (Å²) in [6.07, 6.45) is 5.62. The van der Waals surface area contributed by atoms with E-state index < -0.39 is 0 Å². The van der Waals surface area contributed by atoms with Crippen LogP contribution in [0.1, 0.15) is 30.1 Å². The van der Waals surface area contributed by atoms with Crippen LogP contribution < -0.4 is 0 Å². The van der Waals surface area contributed by atoms with Crippen molar-refractivity contribution >= 4 is 33.5 Å². The van der Waals surface area contributed by atoms with Crippen LogP contribution in [0.15, 0.2) is 54.9 Å². The molecule has 5 aromatic rings. The van der Waals surface area contributed by atoms with E-state index in [9.17, 15) is 0 Å². The molecule has 172 valence electrons. The van der Waals surface area contributed by atoms with Gasteiger partial charge in [0.05, 0.1) is 34.0 Å². The molecule has 0 aliphatic carbocycles. The first-order valence-corrected chi connectivity index (χ1v) is 11.9. The van der Waals surface area contributed by atoms with E-state index in [0.717, 1.165) is 64.9 Å². The average Bonchev–Trinajstić information content (AvgIpc) is 3.38. The second-order valence-corrected chi connectivity index (χ2v) is 9.27. The highest BCUT2D eigenvalue weighted by Gasteiger charge is 2.31. The first kappa shape index (κ1) is 21.3. The number of hydrogen-bond donors (Lipinski definition) is 0. The Bertz CT molecular complexity index is 1470. The van der Waals surface area contributed by atoms with Crippen molar-refractivity contribution in [3.63, 3.8) is 0 Å². The molecular weight excluding hydrogens is 448 g/mol. The normalized spacial score (nSPS) is 15.9. The Kier molecular flexibility index (Phi) is 5.31. The fourth-order valence-corrected chi connectivity index (χ4v) is 5.65. The Labute approximate surface area is 202 Å². The van der Waals surface area contributed by atoms with Gasteiger partial charge >= 0.3 is 0 Å². The van der Waals surface area contributed by atoms with Crippen molar-refractivity contribution in [2.24, 2.45) is 13.0 Å². The molecule has 4 aromatic heterocycles. The van der Waals surface area contributed by atoms with Gasteiger partial charge in [0, 0.05) is 43.6 Å². The van der Waals surface area contributed by atoms with Gasteiger partial charge in [-0.15, -0.1) is 5.10 Å². The molecule has 7 nitrogen and oxygen atoms in total. The molecule has 34 heavy (non-hydrogen) atoms. The van der Waals surface area contributed by atoms with E-state index in [1.165, 1.54) is 5.56 Å². The van der Waals surface area contributed by atoms with Crippen LogP contribution in [0.2, 0.25) is 5.15 Å². The van der Waals surface area contributed by atoms with Crippen LogP contribution in [0.5, 0.6) is 0 Å². The van der Waals surface area contributed by atoms with Crippen molar-refractivity contribution in [2.75, 3.05) is 13.2 Å². The molecule has 0 saturated carbocycles. The molecule has 6 rings (SSSR count). The van der Waals surface area contributed by atoms with Gasteiger partial charge in [-0.3, -0.25) is 4.98 Å². The lowest BCUT2D eigenvalue weighted by atomic mass is 9.86. The topological polar surface area (TPSA) is 70.7 Å². The largest absolute Gasteiger partial charge is 0.381 e. The van der Waals surface area contributed by atoms with Gasteiger partial charge in [-0.1, -0.05) is 47.1 Å². The molecule has 0 spiro atoms. The highest BCUT2D eigenvalue weighted by Crippen LogP contribution is 2.42. The molecule has 5 heterocycles. The van der Waals surface area contributed by atoms with Crippen LogP contribution in [0, 0.1) is 12.8 Å². The fourth-order valence-electron chi connectivity index (χ4n) is 5.40.